The quantitative estimate of drug-likeness (QED) is 0.375. The number of aryl methyl sites for hydroxylation is 1. The minimum absolute atomic E-state index is 0.0392. The van der Waals surface area contributed by atoms with Crippen molar-refractivity contribution in [2.45, 2.75) is 17.6 Å². The minimum atomic E-state index is -3.54. The molecule has 0 saturated heterocycles. The number of nitrogens with zero attached hydrogens (tertiary/aromatic N) is 2. The van der Waals surface area contributed by atoms with Gasteiger partial charge in [-0.25, -0.2) is 18.1 Å². The molecule has 0 saturated carbocycles. The molecule has 2 aromatic heterocycles. The van der Waals surface area contributed by atoms with Crippen molar-refractivity contribution in [2.75, 3.05) is 25.0 Å². The van der Waals surface area contributed by atoms with Crippen molar-refractivity contribution in [3.63, 3.8) is 0 Å². The third-order valence-corrected chi connectivity index (χ3v) is 8.50. The monoisotopic (exact) mass is 469 g/mol. The Morgan fingerprint density at radius 1 is 1.21 bits per heavy atom. The molecule has 0 bridgehead atoms. The Bertz CT molecular complexity index is 1110. The van der Waals surface area contributed by atoms with Crippen LogP contribution >= 0.6 is 34.3 Å². The average Bonchev–Trinajstić information content (AvgIpc) is 3.35. The van der Waals surface area contributed by atoms with Crippen LogP contribution in [0.1, 0.15) is 27.2 Å². The molecule has 154 valence electrons. The largest absolute Gasteiger partial charge is 0.351 e. The van der Waals surface area contributed by atoms with Crippen LogP contribution in [0, 0.1) is 6.92 Å². The molecule has 0 atom stereocenters. The van der Waals surface area contributed by atoms with E-state index in [1.54, 1.807) is 12.3 Å². The summed E-state index contributed by atoms with van der Waals surface area (Å²) in [5, 5.41) is 0.717. The van der Waals surface area contributed by atoms with E-state index in [0.717, 1.165) is 22.0 Å². The lowest BCUT2D eigenvalue weighted by atomic mass is 10.0. The van der Waals surface area contributed by atoms with Gasteiger partial charge in [0.15, 0.2) is 5.13 Å². The predicted octanol–water partition coefficient (Wildman–Crippen LogP) is 4.20. The molecule has 1 N–H and O–H groups in total. The zero-order valence-electron chi connectivity index (χ0n) is 15.9. The van der Waals surface area contributed by atoms with E-state index in [2.05, 4.69) is 9.71 Å². The number of benzene rings is 1. The molecule has 0 spiro atoms. The van der Waals surface area contributed by atoms with E-state index < -0.39 is 10.0 Å². The first-order chi connectivity index (χ1) is 13.8. The molecule has 0 unspecified atom stereocenters. The summed E-state index contributed by atoms with van der Waals surface area (Å²) in [5.74, 6) is -0.0392. The van der Waals surface area contributed by atoms with Crippen molar-refractivity contribution in [3.8, 4) is 0 Å². The Hall–Kier alpha value is -1.78. The Balaban J connectivity index is 1.53. The van der Waals surface area contributed by atoms with Crippen LogP contribution in [-0.4, -0.2) is 39.3 Å². The van der Waals surface area contributed by atoms with Crippen LogP contribution in [0.15, 0.2) is 46.8 Å². The average molecular weight is 470 g/mol. The summed E-state index contributed by atoms with van der Waals surface area (Å²) in [6.45, 7) is 2.80. The number of thiazole rings is 1. The van der Waals surface area contributed by atoms with Crippen molar-refractivity contribution in [2.24, 2.45) is 0 Å². The van der Waals surface area contributed by atoms with Gasteiger partial charge in [-0.3, -0.25) is 4.79 Å². The molecule has 29 heavy (non-hydrogen) atoms. The molecule has 0 aliphatic heterocycles. The first-order valence-corrected chi connectivity index (χ1v) is 12.3. The molecule has 3 aromatic rings. The lowest BCUT2D eigenvalue weighted by Gasteiger charge is -2.15. The molecule has 2 heterocycles. The van der Waals surface area contributed by atoms with E-state index in [4.69, 9.17) is 11.6 Å². The van der Waals surface area contributed by atoms with Crippen molar-refractivity contribution in [3.05, 3.63) is 62.9 Å². The number of anilines is 1. The molecule has 3 rings (SSSR count). The van der Waals surface area contributed by atoms with Gasteiger partial charge in [0.25, 0.3) is 0 Å². The van der Waals surface area contributed by atoms with Gasteiger partial charge in [0.1, 0.15) is 4.21 Å². The molecule has 0 amide bonds. The van der Waals surface area contributed by atoms with Crippen LogP contribution < -0.4 is 9.62 Å². The fourth-order valence-corrected chi connectivity index (χ4v) is 6.10. The zero-order valence-corrected chi connectivity index (χ0v) is 19.1. The molecular formula is C19H20ClN3O3S3. The van der Waals surface area contributed by atoms with Crippen molar-refractivity contribution in [1.82, 2.24) is 9.71 Å². The van der Waals surface area contributed by atoms with E-state index >= 15 is 0 Å². The van der Waals surface area contributed by atoms with Gasteiger partial charge in [-0.15, -0.1) is 11.3 Å². The second-order valence-electron chi connectivity index (χ2n) is 6.38. The number of nitrogens with one attached hydrogen (secondary N) is 1. The van der Waals surface area contributed by atoms with Crippen LogP contribution in [0.5, 0.6) is 0 Å². The van der Waals surface area contributed by atoms with Crippen LogP contribution in [0.25, 0.3) is 0 Å². The number of hydrogen-bond donors (Lipinski definition) is 1. The number of aromatic nitrogens is 1. The Kier molecular flexibility index (Phi) is 7.07. The minimum Gasteiger partial charge on any atom is -0.351 e. The fraction of sp³-hybridized carbons (Fsp3) is 0.263. The van der Waals surface area contributed by atoms with Gasteiger partial charge in [0, 0.05) is 25.7 Å². The summed E-state index contributed by atoms with van der Waals surface area (Å²) >= 11 is 8.15. The number of carbonyl (C=O) groups excluding carboxylic acids is 1. The van der Waals surface area contributed by atoms with Gasteiger partial charge < -0.3 is 4.90 Å². The van der Waals surface area contributed by atoms with Crippen molar-refractivity contribution < 1.29 is 13.2 Å². The number of halogens is 1. The molecule has 6 nitrogen and oxygen atoms in total. The summed E-state index contributed by atoms with van der Waals surface area (Å²) in [7, 11) is -1.67. The fourth-order valence-electron chi connectivity index (χ4n) is 2.64. The predicted molar refractivity (Wildman–Crippen MR) is 119 cm³/mol. The summed E-state index contributed by atoms with van der Waals surface area (Å²) in [4.78, 5) is 19.5. The topological polar surface area (TPSA) is 79.4 Å². The smallest absolute Gasteiger partial charge is 0.250 e. The lowest BCUT2D eigenvalue weighted by molar-refractivity contribution is 0.104. The van der Waals surface area contributed by atoms with Gasteiger partial charge in [0.05, 0.1) is 15.4 Å². The maximum atomic E-state index is 12.7. The van der Waals surface area contributed by atoms with Crippen LogP contribution in [0.3, 0.4) is 0 Å². The molecule has 1 aromatic carbocycles. The summed E-state index contributed by atoms with van der Waals surface area (Å²) in [5.41, 5.74) is 1.61. The summed E-state index contributed by atoms with van der Waals surface area (Å²) in [6, 6.07) is 10.5. The van der Waals surface area contributed by atoms with Gasteiger partial charge in [-0.05, 0) is 31.0 Å². The SMILES string of the molecule is Cc1ccccc1C(=O)c1cnc(N(C)CCCNS(=O)(=O)c2ccc(Cl)s2)s1. The van der Waals surface area contributed by atoms with Gasteiger partial charge in [0.2, 0.25) is 15.8 Å². The van der Waals surface area contributed by atoms with Crippen LogP contribution in [0.2, 0.25) is 4.34 Å². The van der Waals surface area contributed by atoms with Crippen molar-refractivity contribution in [1.29, 1.82) is 0 Å². The number of hydrogen-bond acceptors (Lipinski definition) is 7. The van der Waals surface area contributed by atoms with Crippen molar-refractivity contribution >= 4 is 55.2 Å². The maximum Gasteiger partial charge on any atom is 0.250 e. The third kappa shape index (κ3) is 5.43. The van der Waals surface area contributed by atoms with Gasteiger partial charge in [-0.2, -0.15) is 0 Å². The third-order valence-electron chi connectivity index (χ3n) is 4.21. The first kappa shape index (κ1) is 21.9. The van der Waals surface area contributed by atoms with Gasteiger partial charge in [-0.1, -0.05) is 47.2 Å². The highest BCUT2D eigenvalue weighted by Crippen LogP contribution is 2.26. The number of ketones is 1. The second-order valence-corrected chi connectivity index (χ2v) is 11.1. The summed E-state index contributed by atoms with van der Waals surface area (Å²) in [6.07, 6.45) is 2.18. The number of rotatable bonds is 9. The Labute approximate surface area is 183 Å². The highest BCUT2D eigenvalue weighted by Gasteiger charge is 2.18. The highest BCUT2D eigenvalue weighted by molar-refractivity contribution is 7.91. The molecular weight excluding hydrogens is 450 g/mol. The Morgan fingerprint density at radius 3 is 2.66 bits per heavy atom. The molecule has 10 heteroatoms. The standard InChI is InChI=1S/C19H20ClN3O3S3/c1-13-6-3-4-7-14(13)18(24)15-12-21-19(27-15)23(2)11-5-10-22-29(25,26)17-9-8-16(20)28-17/h3-4,6-9,12,22H,5,10-11H2,1-2H3. The number of sulfonamides is 1. The maximum absolute atomic E-state index is 12.7. The van der Waals surface area contributed by atoms with Crippen LogP contribution in [-0.2, 0) is 10.0 Å². The number of thiophene rings is 1. The normalized spacial score (nSPS) is 11.6. The highest BCUT2D eigenvalue weighted by atomic mass is 35.5. The lowest BCUT2D eigenvalue weighted by Crippen LogP contribution is -2.27. The first-order valence-electron chi connectivity index (χ1n) is 8.80. The summed E-state index contributed by atoms with van der Waals surface area (Å²) < 4.78 is 27.6. The molecule has 0 radical (unpaired) electrons. The van der Waals surface area contributed by atoms with Gasteiger partial charge >= 0.3 is 0 Å². The zero-order chi connectivity index (χ0) is 21.0. The Morgan fingerprint density at radius 2 is 1.97 bits per heavy atom. The van der Waals surface area contributed by atoms with E-state index in [9.17, 15) is 13.2 Å². The van der Waals surface area contributed by atoms with E-state index in [1.165, 1.54) is 17.4 Å². The van der Waals surface area contributed by atoms with E-state index in [0.29, 0.717) is 34.3 Å². The second kappa shape index (κ2) is 9.36. The van der Waals surface area contributed by atoms with E-state index in [-0.39, 0.29) is 9.99 Å². The van der Waals surface area contributed by atoms with E-state index in [1.807, 2.05) is 43.1 Å². The van der Waals surface area contributed by atoms with Crippen LogP contribution in [0.4, 0.5) is 5.13 Å². The number of carbonyl (C=O) groups is 1. The molecule has 0 aliphatic carbocycles. The molecule has 0 aliphatic rings. The molecule has 0 fully saturated rings.